The summed E-state index contributed by atoms with van der Waals surface area (Å²) in [6, 6.07) is 7.77. The zero-order valence-corrected chi connectivity index (χ0v) is 9.41. The first kappa shape index (κ1) is 10.9. The topological polar surface area (TPSA) is 24.8 Å². The third-order valence-corrected chi connectivity index (χ3v) is 2.37. The molecule has 1 aromatic carbocycles. The fraction of sp³-hybridized carbons (Fsp3) is 0.300. The molecule has 76 valence electrons. The summed E-state index contributed by atoms with van der Waals surface area (Å²) in [6.45, 7) is 0. The van der Waals surface area contributed by atoms with E-state index < -0.39 is 0 Å². The highest BCUT2D eigenvalue weighted by Crippen LogP contribution is 2.10. The third kappa shape index (κ3) is 3.30. The minimum absolute atomic E-state index is 0.861. The predicted octanol–water partition coefficient (Wildman–Crippen LogP) is 2.24. The van der Waals surface area contributed by atoms with Crippen molar-refractivity contribution in [1.82, 2.24) is 4.41 Å². The first-order valence-corrected chi connectivity index (χ1v) is 5.40. The Hall–Kier alpha value is -1.16. The van der Waals surface area contributed by atoms with Crippen molar-refractivity contribution in [2.24, 2.45) is 5.10 Å². The Morgan fingerprint density at radius 3 is 2.50 bits per heavy atom. The van der Waals surface area contributed by atoms with Crippen molar-refractivity contribution in [2.75, 3.05) is 20.4 Å². The fourth-order valence-corrected chi connectivity index (χ4v) is 1.03. The number of rotatable bonds is 4. The molecule has 0 heterocycles. The summed E-state index contributed by atoms with van der Waals surface area (Å²) in [5, 5.41) is 4.20. The van der Waals surface area contributed by atoms with Crippen LogP contribution in [0.2, 0.25) is 0 Å². The minimum Gasteiger partial charge on any atom is -0.497 e. The van der Waals surface area contributed by atoms with Gasteiger partial charge in [-0.3, -0.25) is 0 Å². The van der Waals surface area contributed by atoms with Crippen LogP contribution in [0.1, 0.15) is 5.56 Å². The molecule has 14 heavy (non-hydrogen) atoms. The van der Waals surface area contributed by atoms with E-state index in [0.29, 0.717) is 0 Å². The van der Waals surface area contributed by atoms with Crippen LogP contribution in [-0.4, -0.2) is 31.0 Å². The zero-order valence-electron chi connectivity index (χ0n) is 8.60. The number of ether oxygens (including phenoxy) is 1. The van der Waals surface area contributed by atoms with Gasteiger partial charge < -0.3 is 4.74 Å². The third-order valence-electron chi connectivity index (χ3n) is 1.75. The van der Waals surface area contributed by atoms with E-state index >= 15 is 0 Å². The Morgan fingerprint density at radius 2 is 2.00 bits per heavy atom. The van der Waals surface area contributed by atoms with Gasteiger partial charge in [0.1, 0.15) is 5.75 Å². The Morgan fingerprint density at radius 1 is 1.36 bits per heavy atom. The van der Waals surface area contributed by atoms with Gasteiger partial charge in [-0.25, -0.2) is 4.41 Å². The van der Waals surface area contributed by atoms with E-state index in [1.807, 2.05) is 43.8 Å². The van der Waals surface area contributed by atoms with Crippen molar-refractivity contribution in [3.8, 4) is 5.75 Å². The normalized spacial score (nSPS) is 10.5. The van der Waals surface area contributed by atoms with Gasteiger partial charge in [0.15, 0.2) is 0 Å². The fourth-order valence-electron chi connectivity index (χ4n) is 0.885. The first-order chi connectivity index (χ1) is 6.76. The molecule has 0 aliphatic carbocycles. The maximum absolute atomic E-state index is 5.06. The van der Waals surface area contributed by atoms with Crippen molar-refractivity contribution in [3.05, 3.63) is 29.8 Å². The molecule has 0 saturated carbocycles. The van der Waals surface area contributed by atoms with Gasteiger partial charge in [0.2, 0.25) is 0 Å². The quantitative estimate of drug-likeness (QED) is 0.433. The lowest BCUT2D eigenvalue weighted by atomic mass is 10.2. The average molecular weight is 210 g/mol. The minimum atomic E-state index is 0.861. The van der Waals surface area contributed by atoms with Crippen molar-refractivity contribution >= 4 is 18.2 Å². The molecule has 0 amide bonds. The van der Waals surface area contributed by atoms with Gasteiger partial charge in [0, 0.05) is 13.3 Å². The van der Waals surface area contributed by atoms with Crippen molar-refractivity contribution < 1.29 is 4.74 Å². The molecule has 4 heteroatoms. The van der Waals surface area contributed by atoms with Crippen molar-refractivity contribution in [3.63, 3.8) is 0 Å². The van der Waals surface area contributed by atoms with Crippen LogP contribution in [-0.2, 0) is 0 Å². The Labute approximate surface area is 88.9 Å². The van der Waals surface area contributed by atoms with E-state index in [1.54, 1.807) is 23.5 Å². The standard InChI is InChI=1S/C10H14N2OS/c1-12(14-3)11-8-9-4-6-10(13-2)7-5-9/h4-8H,1-3H3/b11-8+. The van der Waals surface area contributed by atoms with Gasteiger partial charge in [0.25, 0.3) is 0 Å². The molecule has 0 radical (unpaired) electrons. The van der Waals surface area contributed by atoms with Crippen LogP contribution in [0.25, 0.3) is 0 Å². The molecule has 0 bridgehead atoms. The maximum atomic E-state index is 5.06. The largest absolute Gasteiger partial charge is 0.497 e. The monoisotopic (exact) mass is 210 g/mol. The van der Waals surface area contributed by atoms with Crippen molar-refractivity contribution in [1.29, 1.82) is 0 Å². The summed E-state index contributed by atoms with van der Waals surface area (Å²) < 4.78 is 6.85. The van der Waals surface area contributed by atoms with E-state index in [2.05, 4.69) is 5.10 Å². The van der Waals surface area contributed by atoms with Gasteiger partial charge in [-0.05, 0) is 41.8 Å². The molecule has 0 fully saturated rings. The number of hydrogen-bond donors (Lipinski definition) is 0. The second-order valence-electron chi connectivity index (χ2n) is 2.66. The van der Waals surface area contributed by atoms with Gasteiger partial charge in [-0.2, -0.15) is 5.10 Å². The zero-order chi connectivity index (χ0) is 10.4. The van der Waals surface area contributed by atoms with E-state index in [4.69, 9.17) is 4.74 Å². The van der Waals surface area contributed by atoms with Crippen LogP contribution < -0.4 is 4.74 Å². The highest BCUT2D eigenvalue weighted by atomic mass is 32.2. The van der Waals surface area contributed by atoms with E-state index in [0.717, 1.165) is 11.3 Å². The summed E-state index contributed by atoms with van der Waals surface area (Å²) in [7, 11) is 3.56. The Balaban J connectivity index is 2.64. The number of benzene rings is 1. The van der Waals surface area contributed by atoms with Gasteiger partial charge >= 0.3 is 0 Å². The smallest absolute Gasteiger partial charge is 0.118 e. The van der Waals surface area contributed by atoms with Gasteiger partial charge in [0.05, 0.1) is 13.3 Å². The molecule has 0 unspecified atom stereocenters. The molecular weight excluding hydrogens is 196 g/mol. The number of hydrazone groups is 1. The maximum Gasteiger partial charge on any atom is 0.118 e. The van der Waals surface area contributed by atoms with Gasteiger partial charge in [-0.1, -0.05) is 0 Å². The van der Waals surface area contributed by atoms with Crippen LogP contribution in [0.4, 0.5) is 0 Å². The molecule has 0 aliphatic rings. The lowest BCUT2D eigenvalue weighted by Crippen LogP contribution is -1.98. The average Bonchev–Trinajstić information content (AvgIpc) is 2.26. The second kappa shape index (κ2) is 5.54. The number of hydrogen-bond acceptors (Lipinski definition) is 4. The molecule has 0 atom stereocenters. The highest BCUT2D eigenvalue weighted by Gasteiger charge is 1.91. The van der Waals surface area contributed by atoms with Crippen LogP contribution in [0, 0.1) is 0 Å². The molecule has 0 N–H and O–H groups in total. The predicted molar refractivity (Wildman–Crippen MR) is 61.9 cm³/mol. The highest BCUT2D eigenvalue weighted by molar-refractivity contribution is 7.96. The summed E-state index contributed by atoms with van der Waals surface area (Å²) >= 11 is 1.56. The summed E-state index contributed by atoms with van der Waals surface area (Å²) in [5.41, 5.74) is 1.06. The number of methoxy groups -OCH3 is 1. The van der Waals surface area contributed by atoms with Crippen molar-refractivity contribution in [2.45, 2.75) is 0 Å². The van der Waals surface area contributed by atoms with Crippen LogP contribution in [0.5, 0.6) is 5.75 Å². The molecule has 0 aromatic heterocycles. The molecule has 3 nitrogen and oxygen atoms in total. The second-order valence-corrected chi connectivity index (χ2v) is 3.56. The van der Waals surface area contributed by atoms with E-state index in [-0.39, 0.29) is 0 Å². The SMILES string of the molecule is COc1ccc(/C=N/N(C)SC)cc1. The molecule has 1 rings (SSSR count). The lowest BCUT2D eigenvalue weighted by molar-refractivity contribution is 0.415. The van der Waals surface area contributed by atoms with Gasteiger partial charge in [-0.15, -0.1) is 0 Å². The summed E-state index contributed by atoms with van der Waals surface area (Å²) in [5.74, 6) is 0.861. The molecule has 0 spiro atoms. The Kier molecular flexibility index (Phi) is 4.32. The lowest BCUT2D eigenvalue weighted by Gasteiger charge is -2.06. The molecular formula is C10H14N2OS. The van der Waals surface area contributed by atoms with Crippen LogP contribution in [0.3, 0.4) is 0 Å². The Bertz CT molecular complexity index is 297. The van der Waals surface area contributed by atoms with E-state index in [1.165, 1.54) is 0 Å². The molecule has 0 saturated heterocycles. The molecule has 0 aliphatic heterocycles. The molecule has 1 aromatic rings. The summed E-state index contributed by atoms with van der Waals surface area (Å²) in [4.78, 5) is 0. The summed E-state index contributed by atoms with van der Waals surface area (Å²) in [6.07, 6.45) is 3.79. The first-order valence-electron chi connectivity index (χ1n) is 4.22. The van der Waals surface area contributed by atoms with E-state index in [9.17, 15) is 0 Å². The van der Waals surface area contributed by atoms with Crippen LogP contribution in [0.15, 0.2) is 29.4 Å². The number of nitrogens with zero attached hydrogens (tertiary/aromatic N) is 2. The van der Waals surface area contributed by atoms with Crippen LogP contribution >= 0.6 is 11.9 Å².